The Morgan fingerprint density at radius 2 is 1.50 bits per heavy atom. The van der Waals surface area contributed by atoms with Crippen LogP contribution in [0.5, 0.6) is 0 Å². The van der Waals surface area contributed by atoms with Crippen molar-refractivity contribution in [1.82, 2.24) is 10.8 Å². The van der Waals surface area contributed by atoms with Gasteiger partial charge in [0.1, 0.15) is 0 Å². The van der Waals surface area contributed by atoms with E-state index in [2.05, 4.69) is 5.32 Å². The molecule has 0 aliphatic carbocycles. The Labute approximate surface area is 96.6 Å². The number of nitrogens with one attached hydrogen (secondary N) is 2. The van der Waals surface area contributed by atoms with E-state index < -0.39 is 0 Å². The van der Waals surface area contributed by atoms with Crippen LogP contribution < -0.4 is 10.8 Å². The predicted octanol–water partition coefficient (Wildman–Crippen LogP) is 1.36. The second kappa shape index (κ2) is 9.15. The fraction of sp³-hybridized carbons (Fsp3) is 0.818. The summed E-state index contributed by atoms with van der Waals surface area (Å²) < 4.78 is 0. The van der Waals surface area contributed by atoms with Crippen LogP contribution in [0.15, 0.2) is 0 Å². The normalized spacial score (nSPS) is 10.2. The summed E-state index contributed by atoms with van der Waals surface area (Å²) in [6.07, 6.45) is 4.32. The van der Waals surface area contributed by atoms with Crippen LogP contribution >= 0.6 is 0 Å². The first kappa shape index (κ1) is 14.9. The molecule has 0 spiro atoms. The van der Waals surface area contributed by atoms with Gasteiger partial charge in [-0.1, -0.05) is 12.8 Å². The molecule has 0 radical (unpaired) electrons. The van der Waals surface area contributed by atoms with Crippen molar-refractivity contribution in [2.45, 2.75) is 58.4 Å². The van der Waals surface area contributed by atoms with Gasteiger partial charge in [0.15, 0.2) is 0 Å². The van der Waals surface area contributed by atoms with Crippen LogP contribution in [0.4, 0.5) is 0 Å². The minimum Gasteiger partial charge on any atom is -0.354 e. The van der Waals surface area contributed by atoms with Crippen molar-refractivity contribution >= 4 is 11.8 Å². The topological polar surface area (TPSA) is 78.4 Å². The summed E-state index contributed by atoms with van der Waals surface area (Å²) in [5.41, 5.74) is 1.59. The molecule has 3 N–H and O–H groups in total. The maximum Gasteiger partial charge on any atom is 0.243 e. The zero-order valence-corrected chi connectivity index (χ0v) is 10.1. The number of hydrogen-bond acceptors (Lipinski definition) is 3. The number of hydrogen-bond donors (Lipinski definition) is 3. The van der Waals surface area contributed by atoms with Gasteiger partial charge in [0.05, 0.1) is 0 Å². The van der Waals surface area contributed by atoms with Crippen LogP contribution in [0.2, 0.25) is 0 Å². The number of unbranched alkanes of at least 4 members (excludes halogenated alkanes) is 3. The number of rotatable bonds is 8. The summed E-state index contributed by atoms with van der Waals surface area (Å²) in [5, 5.41) is 11.1. The summed E-state index contributed by atoms with van der Waals surface area (Å²) >= 11 is 0. The molecule has 94 valence electrons. The molecular formula is C11H22N2O3. The van der Waals surface area contributed by atoms with Crippen molar-refractivity contribution in [3.05, 3.63) is 0 Å². The van der Waals surface area contributed by atoms with Crippen molar-refractivity contribution in [1.29, 1.82) is 0 Å². The molecule has 0 aromatic heterocycles. The molecule has 0 unspecified atom stereocenters. The Morgan fingerprint density at radius 3 is 1.94 bits per heavy atom. The van der Waals surface area contributed by atoms with E-state index in [0.717, 1.165) is 25.7 Å². The van der Waals surface area contributed by atoms with Crippen LogP contribution in [0.25, 0.3) is 0 Å². The Bertz CT molecular complexity index is 217. The highest BCUT2D eigenvalue weighted by atomic mass is 16.5. The van der Waals surface area contributed by atoms with Gasteiger partial charge >= 0.3 is 0 Å². The largest absolute Gasteiger partial charge is 0.354 e. The average molecular weight is 230 g/mol. The lowest BCUT2D eigenvalue weighted by molar-refractivity contribution is -0.129. The first-order valence-corrected chi connectivity index (χ1v) is 5.78. The number of hydroxylamine groups is 1. The van der Waals surface area contributed by atoms with Gasteiger partial charge in [0, 0.05) is 18.9 Å². The van der Waals surface area contributed by atoms with Gasteiger partial charge in [-0.25, -0.2) is 5.48 Å². The monoisotopic (exact) mass is 230 g/mol. The summed E-state index contributed by atoms with van der Waals surface area (Å²) in [6, 6.07) is 0.195. The average Bonchev–Trinajstić information content (AvgIpc) is 2.21. The molecule has 0 rings (SSSR count). The maximum absolute atomic E-state index is 11.2. The van der Waals surface area contributed by atoms with Crippen molar-refractivity contribution in [2.24, 2.45) is 0 Å². The number of amides is 2. The van der Waals surface area contributed by atoms with Gasteiger partial charge in [-0.2, -0.15) is 0 Å². The fourth-order valence-electron chi connectivity index (χ4n) is 1.37. The summed E-state index contributed by atoms with van der Waals surface area (Å²) in [6.45, 7) is 3.87. The fourth-order valence-corrected chi connectivity index (χ4v) is 1.37. The highest BCUT2D eigenvalue weighted by molar-refractivity contribution is 5.76. The quantitative estimate of drug-likeness (QED) is 0.334. The van der Waals surface area contributed by atoms with Gasteiger partial charge in [-0.15, -0.1) is 0 Å². The molecule has 2 amide bonds. The van der Waals surface area contributed by atoms with Gasteiger partial charge in [0.25, 0.3) is 0 Å². The van der Waals surface area contributed by atoms with Gasteiger partial charge in [-0.05, 0) is 26.7 Å². The molecule has 0 atom stereocenters. The lowest BCUT2D eigenvalue weighted by Gasteiger charge is -2.07. The van der Waals surface area contributed by atoms with Crippen LogP contribution in [0.3, 0.4) is 0 Å². The molecule has 0 aromatic carbocycles. The minimum atomic E-state index is -0.349. The van der Waals surface area contributed by atoms with Crippen LogP contribution in [0, 0.1) is 0 Å². The SMILES string of the molecule is CC(C)NC(=O)CCCCCCC(=O)NO. The Balaban J connectivity index is 3.27. The Kier molecular flexibility index (Phi) is 8.52. The van der Waals surface area contributed by atoms with E-state index in [-0.39, 0.29) is 17.9 Å². The Morgan fingerprint density at radius 1 is 1.00 bits per heavy atom. The molecule has 0 saturated carbocycles. The summed E-state index contributed by atoms with van der Waals surface area (Å²) in [5.74, 6) is -0.263. The van der Waals surface area contributed by atoms with E-state index in [1.54, 1.807) is 5.48 Å². The second-order valence-electron chi connectivity index (χ2n) is 4.17. The number of carbonyl (C=O) groups is 2. The number of carbonyl (C=O) groups excluding carboxylic acids is 2. The third-order valence-electron chi connectivity index (χ3n) is 2.13. The zero-order valence-electron chi connectivity index (χ0n) is 10.1. The molecule has 16 heavy (non-hydrogen) atoms. The molecule has 0 fully saturated rings. The maximum atomic E-state index is 11.2. The van der Waals surface area contributed by atoms with E-state index >= 15 is 0 Å². The van der Waals surface area contributed by atoms with Crippen molar-refractivity contribution in [3.8, 4) is 0 Å². The molecule has 0 saturated heterocycles. The van der Waals surface area contributed by atoms with Crippen LogP contribution in [-0.4, -0.2) is 23.1 Å². The van der Waals surface area contributed by atoms with Crippen molar-refractivity contribution in [3.63, 3.8) is 0 Å². The van der Waals surface area contributed by atoms with Gasteiger partial charge in [0.2, 0.25) is 11.8 Å². The summed E-state index contributed by atoms with van der Waals surface area (Å²) in [4.78, 5) is 21.9. The molecular weight excluding hydrogens is 208 g/mol. The van der Waals surface area contributed by atoms with E-state index in [0.29, 0.717) is 12.8 Å². The van der Waals surface area contributed by atoms with Crippen LogP contribution in [0.1, 0.15) is 52.4 Å². The molecule has 5 heteroatoms. The second-order valence-corrected chi connectivity index (χ2v) is 4.17. The molecule has 5 nitrogen and oxygen atoms in total. The van der Waals surface area contributed by atoms with Crippen LogP contribution in [-0.2, 0) is 9.59 Å². The van der Waals surface area contributed by atoms with E-state index in [1.807, 2.05) is 13.8 Å². The lowest BCUT2D eigenvalue weighted by atomic mass is 10.1. The highest BCUT2D eigenvalue weighted by Gasteiger charge is 2.03. The third-order valence-corrected chi connectivity index (χ3v) is 2.13. The van der Waals surface area contributed by atoms with Crippen molar-refractivity contribution < 1.29 is 14.8 Å². The van der Waals surface area contributed by atoms with Gasteiger partial charge in [-0.3, -0.25) is 14.8 Å². The van der Waals surface area contributed by atoms with E-state index in [1.165, 1.54) is 0 Å². The Hall–Kier alpha value is -1.10. The summed E-state index contributed by atoms with van der Waals surface area (Å²) in [7, 11) is 0. The van der Waals surface area contributed by atoms with E-state index in [9.17, 15) is 9.59 Å². The predicted molar refractivity (Wildman–Crippen MR) is 60.9 cm³/mol. The smallest absolute Gasteiger partial charge is 0.243 e. The third kappa shape index (κ3) is 9.45. The standard InChI is InChI=1S/C11H22N2O3/c1-9(2)12-10(14)7-5-3-4-6-8-11(15)13-16/h9,16H,3-8H2,1-2H3,(H,12,14)(H,13,15). The lowest BCUT2D eigenvalue weighted by Crippen LogP contribution is -2.29. The van der Waals surface area contributed by atoms with E-state index in [4.69, 9.17) is 5.21 Å². The molecule has 0 aliphatic rings. The molecule has 0 bridgehead atoms. The molecule has 0 aromatic rings. The molecule has 0 heterocycles. The first-order chi connectivity index (χ1) is 7.56. The first-order valence-electron chi connectivity index (χ1n) is 5.78. The zero-order chi connectivity index (χ0) is 12.4. The molecule has 0 aliphatic heterocycles. The van der Waals surface area contributed by atoms with Crippen molar-refractivity contribution in [2.75, 3.05) is 0 Å². The minimum absolute atomic E-state index is 0.0862. The highest BCUT2D eigenvalue weighted by Crippen LogP contribution is 2.05. The van der Waals surface area contributed by atoms with Gasteiger partial charge < -0.3 is 5.32 Å².